The molecule has 4 heteroatoms. The molecule has 0 aromatic carbocycles. The van der Waals surface area contributed by atoms with E-state index in [-0.39, 0.29) is 18.4 Å². The molecule has 0 radical (unpaired) electrons. The van der Waals surface area contributed by atoms with Gasteiger partial charge in [0.1, 0.15) is 6.04 Å². The van der Waals surface area contributed by atoms with Crippen molar-refractivity contribution in [2.75, 3.05) is 0 Å². The molecular formula is C8H13NO3. The summed E-state index contributed by atoms with van der Waals surface area (Å²) in [5.41, 5.74) is 0. The Morgan fingerprint density at radius 2 is 2.08 bits per heavy atom. The maximum absolute atomic E-state index is 10.5. The lowest BCUT2D eigenvalue weighted by Gasteiger charge is -1.95. The van der Waals surface area contributed by atoms with Crippen molar-refractivity contribution in [3.8, 4) is 0 Å². The number of rotatable bonds is 6. The molecule has 0 aromatic rings. The van der Waals surface area contributed by atoms with Crippen molar-refractivity contribution >= 4 is 11.9 Å². The van der Waals surface area contributed by atoms with Gasteiger partial charge in [-0.2, -0.15) is 0 Å². The molecule has 1 aliphatic heterocycles. The smallest absolute Gasteiger partial charge is 0.303 e. The van der Waals surface area contributed by atoms with Gasteiger partial charge in [-0.25, -0.2) is 0 Å². The zero-order chi connectivity index (χ0) is 8.97. The summed E-state index contributed by atoms with van der Waals surface area (Å²) < 4.78 is 0. The molecule has 1 rings (SSSR count). The van der Waals surface area contributed by atoms with E-state index in [2.05, 4.69) is 5.32 Å². The number of nitrogens with one attached hydrogen (secondary N) is 1. The summed E-state index contributed by atoms with van der Waals surface area (Å²) in [7, 11) is 0. The van der Waals surface area contributed by atoms with E-state index in [9.17, 15) is 9.59 Å². The fraction of sp³-hybridized carbons (Fsp3) is 0.750. The number of hydrogen-bond donors (Lipinski definition) is 2. The van der Waals surface area contributed by atoms with Crippen LogP contribution < -0.4 is 5.32 Å². The van der Waals surface area contributed by atoms with E-state index in [0.717, 1.165) is 25.7 Å². The highest BCUT2D eigenvalue weighted by Crippen LogP contribution is 2.11. The predicted octanol–water partition coefficient (Wildman–Crippen LogP) is 0.520. The lowest BCUT2D eigenvalue weighted by atomic mass is 10.1. The number of unbranched alkanes of at least 4 members (excludes halogenated alkanes) is 2. The van der Waals surface area contributed by atoms with Crippen molar-refractivity contribution in [3.63, 3.8) is 0 Å². The van der Waals surface area contributed by atoms with Crippen LogP contribution in [0.3, 0.4) is 0 Å². The molecule has 1 aliphatic rings. The SMILES string of the molecule is O=C(O)CCCCCC1NC1=O. The van der Waals surface area contributed by atoms with Crippen molar-refractivity contribution in [2.24, 2.45) is 0 Å². The van der Waals surface area contributed by atoms with E-state index in [4.69, 9.17) is 5.11 Å². The van der Waals surface area contributed by atoms with Gasteiger partial charge >= 0.3 is 5.97 Å². The third-order valence-electron chi connectivity index (χ3n) is 1.93. The maximum atomic E-state index is 10.5. The number of hydrogen-bond acceptors (Lipinski definition) is 2. The number of amides is 1. The first kappa shape index (κ1) is 9.03. The summed E-state index contributed by atoms with van der Waals surface area (Å²) >= 11 is 0. The average Bonchev–Trinajstić information content (AvgIpc) is 2.65. The second kappa shape index (κ2) is 4.09. The Morgan fingerprint density at radius 3 is 2.58 bits per heavy atom. The molecule has 1 atom stereocenters. The molecule has 1 amide bonds. The summed E-state index contributed by atoms with van der Waals surface area (Å²) in [6.07, 6.45) is 3.66. The fourth-order valence-electron chi connectivity index (χ4n) is 1.13. The molecule has 0 aliphatic carbocycles. The summed E-state index contributed by atoms with van der Waals surface area (Å²) in [5, 5.41) is 11.0. The van der Waals surface area contributed by atoms with Gasteiger partial charge in [0, 0.05) is 6.42 Å². The van der Waals surface area contributed by atoms with E-state index in [1.54, 1.807) is 0 Å². The zero-order valence-electron chi connectivity index (χ0n) is 6.88. The van der Waals surface area contributed by atoms with Gasteiger partial charge in [-0.05, 0) is 12.8 Å². The summed E-state index contributed by atoms with van der Waals surface area (Å²) in [5.74, 6) is -0.608. The molecule has 68 valence electrons. The minimum Gasteiger partial charge on any atom is -0.481 e. The second-order valence-corrected chi connectivity index (χ2v) is 3.05. The minimum absolute atomic E-state index is 0.0785. The van der Waals surface area contributed by atoms with Crippen LogP contribution in [0.25, 0.3) is 0 Å². The van der Waals surface area contributed by atoms with Gasteiger partial charge in [-0.3, -0.25) is 9.59 Å². The molecule has 2 N–H and O–H groups in total. The largest absolute Gasteiger partial charge is 0.481 e. The van der Waals surface area contributed by atoms with Gasteiger partial charge in [-0.15, -0.1) is 0 Å². The fourth-order valence-corrected chi connectivity index (χ4v) is 1.13. The predicted molar refractivity (Wildman–Crippen MR) is 42.7 cm³/mol. The van der Waals surface area contributed by atoms with E-state index in [0.29, 0.717) is 0 Å². The van der Waals surface area contributed by atoms with Crippen LogP contribution in [0, 0.1) is 0 Å². The Bertz CT molecular complexity index is 191. The first-order valence-corrected chi connectivity index (χ1v) is 4.22. The lowest BCUT2D eigenvalue weighted by molar-refractivity contribution is -0.137. The lowest BCUT2D eigenvalue weighted by Crippen LogP contribution is -1.95. The molecule has 4 nitrogen and oxygen atoms in total. The molecule has 1 saturated heterocycles. The van der Waals surface area contributed by atoms with Crippen molar-refractivity contribution in [1.29, 1.82) is 0 Å². The molecule has 1 fully saturated rings. The van der Waals surface area contributed by atoms with Crippen molar-refractivity contribution in [3.05, 3.63) is 0 Å². The Morgan fingerprint density at radius 1 is 1.42 bits per heavy atom. The third-order valence-corrected chi connectivity index (χ3v) is 1.93. The maximum Gasteiger partial charge on any atom is 0.303 e. The monoisotopic (exact) mass is 171 g/mol. The van der Waals surface area contributed by atoms with Crippen LogP contribution >= 0.6 is 0 Å². The number of aliphatic carboxylic acids is 1. The van der Waals surface area contributed by atoms with Gasteiger partial charge in [0.05, 0.1) is 0 Å². The van der Waals surface area contributed by atoms with Crippen molar-refractivity contribution in [2.45, 2.75) is 38.1 Å². The highest BCUT2D eigenvalue weighted by atomic mass is 16.4. The molecule has 0 saturated carbocycles. The molecule has 12 heavy (non-hydrogen) atoms. The van der Waals surface area contributed by atoms with Crippen LogP contribution in [0.15, 0.2) is 0 Å². The van der Waals surface area contributed by atoms with Crippen LogP contribution in [0.2, 0.25) is 0 Å². The normalized spacial score (nSPS) is 20.3. The van der Waals surface area contributed by atoms with Gasteiger partial charge in [0.25, 0.3) is 0 Å². The van der Waals surface area contributed by atoms with E-state index >= 15 is 0 Å². The second-order valence-electron chi connectivity index (χ2n) is 3.05. The van der Waals surface area contributed by atoms with Crippen LogP contribution in [0.4, 0.5) is 0 Å². The first-order chi connectivity index (χ1) is 5.70. The summed E-state index contributed by atoms with van der Waals surface area (Å²) in [6, 6.07) is 0.0785. The highest BCUT2D eigenvalue weighted by molar-refractivity contribution is 5.96. The van der Waals surface area contributed by atoms with Gasteiger partial charge in [0.2, 0.25) is 5.91 Å². The number of carbonyl (C=O) groups excluding carboxylic acids is 1. The molecule has 0 bridgehead atoms. The summed E-state index contributed by atoms with van der Waals surface area (Å²) in [6.45, 7) is 0. The Kier molecular flexibility index (Phi) is 3.08. The van der Waals surface area contributed by atoms with Crippen LogP contribution in [-0.4, -0.2) is 23.0 Å². The molecule has 0 spiro atoms. The highest BCUT2D eigenvalue weighted by Gasteiger charge is 2.31. The molecule has 0 aromatic heterocycles. The van der Waals surface area contributed by atoms with Crippen molar-refractivity contribution in [1.82, 2.24) is 5.32 Å². The first-order valence-electron chi connectivity index (χ1n) is 4.22. The van der Waals surface area contributed by atoms with Gasteiger partial charge in [0.15, 0.2) is 0 Å². The summed E-state index contributed by atoms with van der Waals surface area (Å²) in [4.78, 5) is 20.5. The molecule has 1 unspecified atom stereocenters. The van der Waals surface area contributed by atoms with E-state index in [1.807, 2.05) is 0 Å². The Labute approximate surface area is 71.0 Å². The van der Waals surface area contributed by atoms with Crippen LogP contribution in [-0.2, 0) is 9.59 Å². The third kappa shape index (κ3) is 3.37. The molecule has 1 heterocycles. The quantitative estimate of drug-likeness (QED) is 0.452. The zero-order valence-corrected chi connectivity index (χ0v) is 6.88. The van der Waals surface area contributed by atoms with E-state index < -0.39 is 5.97 Å². The molecular weight excluding hydrogens is 158 g/mol. The average molecular weight is 171 g/mol. The Hall–Kier alpha value is -1.06. The Balaban J connectivity index is 1.83. The van der Waals surface area contributed by atoms with Crippen LogP contribution in [0.1, 0.15) is 32.1 Å². The number of carbonyl (C=O) groups is 2. The van der Waals surface area contributed by atoms with Gasteiger partial charge in [-0.1, -0.05) is 12.8 Å². The van der Waals surface area contributed by atoms with Crippen molar-refractivity contribution < 1.29 is 14.7 Å². The standard InChI is InChI=1S/C8H13NO3/c10-7(11)5-3-1-2-4-6-8(12)9-6/h6H,1-5H2,(H,9,12)(H,10,11). The number of carboxylic acid groups (broad SMARTS) is 1. The van der Waals surface area contributed by atoms with Gasteiger partial charge < -0.3 is 10.4 Å². The number of carboxylic acids is 1. The van der Waals surface area contributed by atoms with Crippen LogP contribution in [0.5, 0.6) is 0 Å². The minimum atomic E-state index is -0.740. The topological polar surface area (TPSA) is 76.3 Å². The van der Waals surface area contributed by atoms with E-state index in [1.165, 1.54) is 0 Å².